The van der Waals surface area contributed by atoms with Crippen LogP contribution in [-0.2, 0) is 0 Å². The van der Waals surface area contributed by atoms with Crippen molar-refractivity contribution in [2.45, 2.75) is 97.5 Å². The number of carboxylic acids is 1. The van der Waals surface area contributed by atoms with Gasteiger partial charge in [0.2, 0.25) is 0 Å². The zero-order valence-electron chi connectivity index (χ0n) is 22.0. The van der Waals surface area contributed by atoms with Gasteiger partial charge < -0.3 is 14.9 Å². The van der Waals surface area contributed by atoms with E-state index in [4.69, 9.17) is 4.74 Å². The number of rotatable bonds is 7. The maximum atomic E-state index is 11.5. The highest BCUT2D eigenvalue weighted by atomic mass is 16.5. The summed E-state index contributed by atoms with van der Waals surface area (Å²) < 4.78 is 5.92. The van der Waals surface area contributed by atoms with E-state index in [1.807, 2.05) is 6.07 Å². The first-order chi connectivity index (χ1) is 16.8. The van der Waals surface area contributed by atoms with Gasteiger partial charge in [-0.2, -0.15) is 0 Å². The van der Waals surface area contributed by atoms with Crippen molar-refractivity contribution in [1.29, 1.82) is 0 Å². The van der Waals surface area contributed by atoms with E-state index in [1.165, 1.54) is 51.4 Å². The standard InChI is InChI=1S/C31H46O4/c1-4-20-18-24-25-12-11-21(8-7-17-35-28-10-6-5-9-23(28)29(33)34)30(25,2)16-14-26(24)31(3)15-13-22(32)19-27(20)31/h5-6,9-10,20-22,24-27,32H,4,7-8,11-19H2,1-3H3,(H,33,34)/t20-,21-,22+,24?,25?,26-,27?,30?,31?/m0/s1. The molecule has 4 heteroatoms. The second kappa shape index (κ2) is 9.72. The predicted molar refractivity (Wildman–Crippen MR) is 139 cm³/mol. The van der Waals surface area contributed by atoms with Crippen LogP contribution in [0.3, 0.4) is 0 Å². The SMILES string of the molecule is CC[C@H]1CC2C3CC[C@H](CCCOc4ccccc4C(=O)O)C3(C)CC[C@@H]2C2(C)CC[C@@H](O)CC12. The van der Waals surface area contributed by atoms with Crippen molar-refractivity contribution in [3.8, 4) is 5.75 Å². The van der Waals surface area contributed by atoms with Crippen molar-refractivity contribution in [1.82, 2.24) is 0 Å². The number of aliphatic hydroxyl groups excluding tert-OH is 1. The van der Waals surface area contributed by atoms with Gasteiger partial charge in [0, 0.05) is 0 Å². The van der Waals surface area contributed by atoms with E-state index < -0.39 is 5.97 Å². The summed E-state index contributed by atoms with van der Waals surface area (Å²) in [5.41, 5.74) is 1.12. The summed E-state index contributed by atoms with van der Waals surface area (Å²) in [6.45, 7) is 8.18. The van der Waals surface area contributed by atoms with Gasteiger partial charge in [-0.15, -0.1) is 0 Å². The zero-order chi connectivity index (χ0) is 24.8. The molecule has 0 amide bonds. The molecule has 1 aromatic rings. The van der Waals surface area contributed by atoms with Crippen molar-refractivity contribution >= 4 is 5.97 Å². The Kier molecular flexibility index (Phi) is 6.98. The average Bonchev–Trinajstić information content (AvgIpc) is 3.18. The van der Waals surface area contributed by atoms with Crippen molar-refractivity contribution < 1.29 is 19.7 Å². The van der Waals surface area contributed by atoms with E-state index in [1.54, 1.807) is 18.2 Å². The highest BCUT2D eigenvalue weighted by molar-refractivity contribution is 5.90. The Hall–Kier alpha value is -1.55. The molecule has 4 fully saturated rings. The number of aliphatic hydroxyl groups is 1. The average molecular weight is 483 g/mol. The van der Waals surface area contributed by atoms with Gasteiger partial charge in [0.1, 0.15) is 11.3 Å². The lowest BCUT2D eigenvalue weighted by atomic mass is 9.42. The number of carbonyl (C=O) groups is 1. The molecule has 35 heavy (non-hydrogen) atoms. The fourth-order valence-corrected chi connectivity index (χ4v) is 9.80. The maximum Gasteiger partial charge on any atom is 0.339 e. The molecule has 1 aromatic carbocycles. The fourth-order valence-electron chi connectivity index (χ4n) is 9.80. The molecule has 0 bridgehead atoms. The molecule has 9 atom stereocenters. The molecule has 0 heterocycles. The number of aromatic carboxylic acids is 1. The van der Waals surface area contributed by atoms with Gasteiger partial charge in [0.15, 0.2) is 0 Å². The van der Waals surface area contributed by atoms with Crippen LogP contribution in [0.2, 0.25) is 0 Å². The molecule has 0 spiro atoms. The van der Waals surface area contributed by atoms with Gasteiger partial charge in [-0.3, -0.25) is 0 Å². The molecule has 5 unspecified atom stereocenters. The number of hydrogen-bond acceptors (Lipinski definition) is 3. The number of hydrogen-bond donors (Lipinski definition) is 2. The Balaban J connectivity index is 1.24. The third-order valence-electron chi connectivity index (χ3n) is 11.6. The summed E-state index contributed by atoms with van der Waals surface area (Å²) in [6.07, 6.45) is 13.4. The van der Waals surface area contributed by atoms with Crippen LogP contribution < -0.4 is 4.74 Å². The topological polar surface area (TPSA) is 66.8 Å². The van der Waals surface area contributed by atoms with Gasteiger partial charge in [-0.25, -0.2) is 4.79 Å². The van der Waals surface area contributed by atoms with E-state index in [9.17, 15) is 15.0 Å². The number of benzene rings is 1. The molecular formula is C31H46O4. The van der Waals surface area contributed by atoms with E-state index in [0.717, 1.165) is 48.9 Å². The first kappa shape index (κ1) is 25.1. The Labute approximate surface area is 211 Å². The normalized spacial score (nSPS) is 42.6. The summed E-state index contributed by atoms with van der Waals surface area (Å²) in [5.74, 6) is 4.36. The molecule has 4 nitrogen and oxygen atoms in total. The van der Waals surface area contributed by atoms with Crippen LogP contribution in [0.25, 0.3) is 0 Å². The molecule has 194 valence electrons. The van der Waals surface area contributed by atoms with Crippen LogP contribution in [0.1, 0.15) is 102 Å². The minimum atomic E-state index is -0.926. The first-order valence-corrected chi connectivity index (χ1v) is 14.4. The van der Waals surface area contributed by atoms with E-state index in [2.05, 4.69) is 20.8 Å². The largest absolute Gasteiger partial charge is 0.493 e. The van der Waals surface area contributed by atoms with E-state index in [-0.39, 0.29) is 11.7 Å². The van der Waals surface area contributed by atoms with Crippen LogP contribution >= 0.6 is 0 Å². The quantitative estimate of drug-likeness (QED) is 0.403. The molecule has 4 aliphatic carbocycles. The number of ether oxygens (including phenoxy) is 1. The predicted octanol–water partition coefficient (Wildman–Crippen LogP) is 7.20. The first-order valence-electron chi connectivity index (χ1n) is 14.4. The fraction of sp³-hybridized carbons (Fsp3) is 0.774. The summed E-state index contributed by atoms with van der Waals surface area (Å²) in [4.78, 5) is 11.5. The number of para-hydroxylation sites is 1. The molecule has 4 saturated carbocycles. The van der Waals surface area contributed by atoms with Gasteiger partial charge in [-0.1, -0.05) is 39.3 Å². The van der Waals surface area contributed by atoms with Crippen molar-refractivity contribution in [3.63, 3.8) is 0 Å². The lowest BCUT2D eigenvalue weighted by Crippen LogP contribution is -2.56. The van der Waals surface area contributed by atoms with Gasteiger partial charge >= 0.3 is 5.97 Å². The third-order valence-corrected chi connectivity index (χ3v) is 11.6. The minimum absolute atomic E-state index is 0.0759. The van der Waals surface area contributed by atoms with Crippen molar-refractivity contribution in [2.24, 2.45) is 46.3 Å². The second-order valence-corrected chi connectivity index (χ2v) is 12.9. The Morgan fingerprint density at radius 2 is 1.74 bits per heavy atom. The molecule has 5 rings (SSSR count). The third kappa shape index (κ3) is 4.32. The summed E-state index contributed by atoms with van der Waals surface area (Å²) in [5, 5.41) is 19.9. The Bertz CT molecular complexity index is 913. The molecule has 0 radical (unpaired) electrons. The van der Waals surface area contributed by atoms with E-state index in [0.29, 0.717) is 29.1 Å². The van der Waals surface area contributed by atoms with Crippen LogP contribution in [0.4, 0.5) is 0 Å². The summed E-state index contributed by atoms with van der Waals surface area (Å²) in [7, 11) is 0. The number of carboxylic acid groups (broad SMARTS) is 1. The zero-order valence-corrected chi connectivity index (χ0v) is 22.0. The van der Waals surface area contributed by atoms with Crippen LogP contribution in [-0.4, -0.2) is 28.9 Å². The van der Waals surface area contributed by atoms with Gasteiger partial charge in [-0.05, 0) is 123 Å². The van der Waals surface area contributed by atoms with Crippen LogP contribution in [0, 0.1) is 46.3 Å². The second-order valence-electron chi connectivity index (χ2n) is 12.9. The highest BCUT2D eigenvalue weighted by Crippen LogP contribution is 2.69. The lowest BCUT2D eigenvalue weighted by molar-refractivity contribution is -0.150. The van der Waals surface area contributed by atoms with Gasteiger partial charge in [0.25, 0.3) is 0 Å². The molecule has 0 aromatic heterocycles. The Morgan fingerprint density at radius 1 is 1.00 bits per heavy atom. The number of fused-ring (bicyclic) bond motifs is 5. The van der Waals surface area contributed by atoms with Crippen molar-refractivity contribution in [3.05, 3.63) is 29.8 Å². The van der Waals surface area contributed by atoms with E-state index >= 15 is 0 Å². The monoisotopic (exact) mass is 482 g/mol. The highest BCUT2D eigenvalue weighted by Gasteiger charge is 2.61. The van der Waals surface area contributed by atoms with Crippen LogP contribution in [0.15, 0.2) is 24.3 Å². The molecule has 2 N–H and O–H groups in total. The smallest absolute Gasteiger partial charge is 0.339 e. The van der Waals surface area contributed by atoms with Crippen LogP contribution in [0.5, 0.6) is 5.75 Å². The lowest BCUT2D eigenvalue weighted by Gasteiger charge is -2.63. The van der Waals surface area contributed by atoms with Gasteiger partial charge in [0.05, 0.1) is 12.7 Å². The Morgan fingerprint density at radius 3 is 2.51 bits per heavy atom. The molecule has 0 saturated heterocycles. The maximum absolute atomic E-state index is 11.5. The van der Waals surface area contributed by atoms with Crippen molar-refractivity contribution in [2.75, 3.05) is 6.61 Å². The molecule has 0 aliphatic heterocycles. The summed E-state index contributed by atoms with van der Waals surface area (Å²) >= 11 is 0. The minimum Gasteiger partial charge on any atom is -0.493 e. The molecular weight excluding hydrogens is 436 g/mol. The summed E-state index contributed by atoms with van der Waals surface area (Å²) in [6, 6.07) is 6.97. The molecule has 4 aliphatic rings.